The van der Waals surface area contributed by atoms with Gasteiger partial charge in [0.05, 0.1) is 0 Å². The minimum absolute atomic E-state index is 0.140. The van der Waals surface area contributed by atoms with Crippen LogP contribution in [0.15, 0.2) is 0 Å². The van der Waals surface area contributed by atoms with Crippen LogP contribution in [-0.2, 0) is 4.79 Å². The fourth-order valence-corrected chi connectivity index (χ4v) is 1.71. The minimum atomic E-state index is -4.68. The summed E-state index contributed by atoms with van der Waals surface area (Å²) >= 11 is 0. The molecule has 108 valence electrons. The molecule has 0 heterocycles. The first kappa shape index (κ1) is 17.4. The Kier molecular flexibility index (Phi) is 9.06. The molecule has 1 unspecified atom stereocenters. The highest BCUT2D eigenvalue weighted by atomic mass is 19.4. The first-order valence-corrected chi connectivity index (χ1v) is 6.64. The molecule has 0 rings (SSSR count). The van der Waals surface area contributed by atoms with Crippen molar-refractivity contribution < 1.29 is 23.1 Å². The number of alkyl halides is 3. The SMILES string of the molecule is CCCCCCCCCC(=O)CC(O)C(F)(F)F. The van der Waals surface area contributed by atoms with E-state index in [2.05, 4.69) is 6.92 Å². The first-order valence-electron chi connectivity index (χ1n) is 6.64. The summed E-state index contributed by atoms with van der Waals surface area (Å²) in [6.45, 7) is 2.13. The number of hydrogen-bond acceptors (Lipinski definition) is 2. The average molecular weight is 268 g/mol. The molecule has 0 aliphatic heterocycles. The summed E-state index contributed by atoms with van der Waals surface area (Å²) in [5.74, 6) is -0.506. The van der Waals surface area contributed by atoms with E-state index in [1.165, 1.54) is 19.3 Å². The molecule has 0 spiro atoms. The summed E-state index contributed by atoms with van der Waals surface area (Å²) < 4.78 is 35.9. The van der Waals surface area contributed by atoms with Gasteiger partial charge in [-0.2, -0.15) is 13.2 Å². The van der Waals surface area contributed by atoms with Crippen LogP contribution in [0.1, 0.15) is 64.7 Å². The van der Waals surface area contributed by atoms with Gasteiger partial charge in [-0.1, -0.05) is 45.4 Å². The monoisotopic (exact) mass is 268 g/mol. The highest BCUT2D eigenvalue weighted by molar-refractivity contribution is 5.78. The zero-order valence-electron chi connectivity index (χ0n) is 10.9. The second-order valence-corrected chi connectivity index (χ2v) is 4.67. The van der Waals surface area contributed by atoms with E-state index >= 15 is 0 Å². The maximum absolute atomic E-state index is 12.0. The second-order valence-electron chi connectivity index (χ2n) is 4.67. The molecule has 1 N–H and O–H groups in total. The van der Waals surface area contributed by atoms with Gasteiger partial charge in [0.15, 0.2) is 6.10 Å². The van der Waals surface area contributed by atoms with Crippen LogP contribution in [0, 0.1) is 0 Å². The smallest absolute Gasteiger partial charge is 0.383 e. The highest BCUT2D eigenvalue weighted by Gasteiger charge is 2.39. The summed E-state index contributed by atoms with van der Waals surface area (Å²) in [5.41, 5.74) is 0. The Morgan fingerprint density at radius 3 is 2.06 bits per heavy atom. The average Bonchev–Trinajstić information content (AvgIpc) is 2.26. The predicted octanol–water partition coefficient (Wildman–Crippen LogP) is 4.01. The summed E-state index contributed by atoms with van der Waals surface area (Å²) in [6.07, 6.45) is -0.665. The zero-order valence-corrected chi connectivity index (χ0v) is 10.9. The third-order valence-electron chi connectivity index (χ3n) is 2.86. The predicted molar refractivity (Wildman–Crippen MR) is 64.3 cm³/mol. The van der Waals surface area contributed by atoms with Crippen molar-refractivity contribution in [2.75, 3.05) is 0 Å². The van der Waals surface area contributed by atoms with E-state index in [1.807, 2.05) is 0 Å². The van der Waals surface area contributed by atoms with Gasteiger partial charge >= 0.3 is 6.18 Å². The van der Waals surface area contributed by atoms with Crippen LogP contribution in [0.5, 0.6) is 0 Å². The van der Waals surface area contributed by atoms with Gasteiger partial charge in [0.25, 0.3) is 0 Å². The number of ketones is 1. The third-order valence-corrected chi connectivity index (χ3v) is 2.86. The van der Waals surface area contributed by atoms with E-state index in [1.54, 1.807) is 0 Å². The van der Waals surface area contributed by atoms with Crippen LogP contribution in [0.2, 0.25) is 0 Å². The standard InChI is InChI=1S/C13H23F3O2/c1-2-3-4-5-6-7-8-9-11(17)10-12(18)13(14,15)16/h12,18H,2-10H2,1H3. The Labute approximate surface area is 107 Å². The molecule has 0 fully saturated rings. The molecular weight excluding hydrogens is 245 g/mol. The van der Waals surface area contributed by atoms with Crippen molar-refractivity contribution in [1.29, 1.82) is 0 Å². The molecule has 0 amide bonds. The Morgan fingerprint density at radius 1 is 1.06 bits per heavy atom. The van der Waals surface area contributed by atoms with Crippen molar-refractivity contribution in [3.63, 3.8) is 0 Å². The number of hydrogen-bond donors (Lipinski definition) is 1. The first-order chi connectivity index (χ1) is 8.38. The number of carbonyl (C=O) groups is 1. The molecule has 0 bridgehead atoms. The van der Waals surface area contributed by atoms with Gasteiger partial charge in [-0.05, 0) is 6.42 Å². The Balaban J connectivity index is 3.48. The normalized spacial score (nSPS) is 13.6. The molecule has 0 aromatic carbocycles. The van der Waals surface area contributed by atoms with E-state index < -0.39 is 24.5 Å². The molecule has 1 atom stereocenters. The maximum atomic E-state index is 12.0. The number of Topliss-reactive ketones (excluding diaryl/α,β-unsaturated/α-hetero) is 1. The van der Waals surface area contributed by atoms with Crippen LogP contribution in [0.4, 0.5) is 13.2 Å². The topological polar surface area (TPSA) is 37.3 Å². The summed E-state index contributed by atoms with van der Waals surface area (Å²) in [7, 11) is 0. The van der Waals surface area contributed by atoms with Gasteiger partial charge in [0.1, 0.15) is 5.78 Å². The van der Waals surface area contributed by atoms with E-state index in [0.29, 0.717) is 6.42 Å². The van der Waals surface area contributed by atoms with E-state index in [4.69, 9.17) is 5.11 Å². The largest absolute Gasteiger partial charge is 0.414 e. The van der Waals surface area contributed by atoms with Crippen molar-refractivity contribution in [1.82, 2.24) is 0 Å². The lowest BCUT2D eigenvalue weighted by molar-refractivity contribution is -0.205. The van der Waals surface area contributed by atoms with Gasteiger partial charge < -0.3 is 5.11 Å². The summed E-state index contributed by atoms with van der Waals surface area (Å²) in [4.78, 5) is 11.2. The van der Waals surface area contributed by atoms with Crippen LogP contribution < -0.4 is 0 Å². The lowest BCUT2D eigenvalue weighted by atomic mass is 10.0. The van der Waals surface area contributed by atoms with Gasteiger partial charge in [-0.3, -0.25) is 4.79 Å². The van der Waals surface area contributed by atoms with Gasteiger partial charge in [0.2, 0.25) is 0 Å². The van der Waals surface area contributed by atoms with Crippen molar-refractivity contribution in [3.8, 4) is 0 Å². The van der Waals surface area contributed by atoms with Crippen LogP contribution in [0.3, 0.4) is 0 Å². The number of unbranched alkanes of at least 4 members (excludes halogenated alkanes) is 6. The Morgan fingerprint density at radius 2 is 1.56 bits per heavy atom. The van der Waals surface area contributed by atoms with E-state index in [9.17, 15) is 18.0 Å². The van der Waals surface area contributed by atoms with Gasteiger partial charge in [-0.25, -0.2) is 0 Å². The van der Waals surface area contributed by atoms with Crippen LogP contribution >= 0.6 is 0 Å². The number of aliphatic hydroxyl groups is 1. The lowest BCUT2D eigenvalue weighted by Crippen LogP contribution is -2.30. The van der Waals surface area contributed by atoms with Gasteiger partial charge in [-0.15, -0.1) is 0 Å². The number of rotatable bonds is 10. The second kappa shape index (κ2) is 9.36. The Bertz CT molecular complexity index is 227. The lowest BCUT2D eigenvalue weighted by Gasteiger charge is -2.13. The van der Waals surface area contributed by atoms with Crippen molar-refractivity contribution in [2.24, 2.45) is 0 Å². The molecule has 18 heavy (non-hydrogen) atoms. The van der Waals surface area contributed by atoms with Crippen molar-refractivity contribution in [2.45, 2.75) is 77.0 Å². The van der Waals surface area contributed by atoms with Gasteiger partial charge in [0, 0.05) is 12.8 Å². The van der Waals surface area contributed by atoms with Crippen molar-refractivity contribution in [3.05, 3.63) is 0 Å². The fourth-order valence-electron chi connectivity index (χ4n) is 1.71. The summed E-state index contributed by atoms with van der Waals surface area (Å²) in [5, 5.41) is 8.71. The summed E-state index contributed by atoms with van der Waals surface area (Å²) in [6, 6.07) is 0. The maximum Gasteiger partial charge on any atom is 0.414 e. The number of carbonyl (C=O) groups excluding carboxylic acids is 1. The third kappa shape index (κ3) is 9.45. The quantitative estimate of drug-likeness (QED) is 0.608. The molecular formula is C13H23F3O2. The highest BCUT2D eigenvalue weighted by Crippen LogP contribution is 2.23. The van der Waals surface area contributed by atoms with Crippen LogP contribution in [0.25, 0.3) is 0 Å². The van der Waals surface area contributed by atoms with E-state index in [0.717, 1.165) is 19.3 Å². The van der Waals surface area contributed by atoms with Crippen molar-refractivity contribution >= 4 is 5.78 Å². The molecule has 0 aliphatic carbocycles. The molecule has 0 radical (unpaired) electrons. The molecule has 2 nitrogen and oxygen atoms in total. The minimum Gasteiger partial charge on any atom is -0.383 e. The molecule has 0 saturated heterocycles. The fraction of sp³-hybridized carbons (Fsp3) is 0.923. The number of halogens is 3. The molecule has 5 heteroatoms. The van der Waals surface area contributed by atoms with E-state index in [-0.39, 0.29) is 6.42 Å². The zero-order chi connectivity index (χ0) is 14.0. The number of aliphatic hydroxyl groups excluding tert-OH is 1. The molecule has 0 saturated carbocycles. The Hall–Kier alpha value is -0.580. The molecule has 0 aromatic heterocycles. The molecule has 0 aromatic rings. The molecule has 0 aliphatic rings. The van der Waals surface area contributed by atoms with Crippen LogP contribution in [-0.4, -0.2) is 23.2 Å².